The summed E-state index contributed by atoms with van der Waals surface area (Å²) in [5, 5.41) is 0.816. The highest BCUT2D eigenvalue weighted by atomic mass is 19.4. The molecule has 0 radical (unpaired) electrons. The Kier molecular flexibility index (Phi) is 6.24. The van der Waals surface area contributed by atoms with E-state index in [4.69, 9.17) is 0 Å². The van der Waals surface area contributed by atoms with Crippen LogP contribution in [0.4, 0.5) is 26.3 Å². The van der Waals surface area contributed by atoms with E-state index in [1.165, 1.54) is 0 Å². The summed E-state index contributed by atoms with van der Waals surface area (Å²) in [6.45, 7) is 5.00. The molecule has 178 valence electrons. The number of rotatable bonds is 4. The zero-order valence-corrected chi connectivity index (χ0v) is 18.4. The van der Waals surface area contributed by atoms with Crippen molar-refractivity contribution in [3.05, 3.63) is 59.2 Å². The van der Waals surface area contributed by atoms with Crippen LogP contribution in [0, 0.1) is 0 Å². The normalized spacial score (nSPS) is 20.5. The number of benzene rings is 2. The van der Waals surface area contributed by atoms with Crippen LogP contribution in [0.2, 0.25) is 0 Å². The maximum atomic E-state index is 13.4. The zero-order chi connectivity index (χ0) is 24.0. The van der Waals surface area contributed by atoms with Crippen molar-refractivity contribution in [2.24, 2.45) is 0 Å². The number of nitrogens with one attached hydrogen (secondary N) is 1. The summed E-state index contributed by atoms with van der Waals surface area (Å²) in [6.07, 6.45) is -5.95. The predicted molar refractivity (Wildman–Crippen MR) is 117 cm³/mol. The van der Waals surface area contributed by atoms with Crippen LogP contribution in [0.3, 0.4) is 0 Å². The molecule has 2 atom stereocenters. The molecule has 1 fully saturated rings. The molecule has 1 saturated heterocycles. The van der Waals surface area contributed by atoms with Crippen LogP contribution in [-0.2, 0) is 18.8 Å². The topological polar surface area (TPSA) is 19.0 Å². The molecule has 1 N–H and O–H groups in total. The van der Waals surface area contributed by atoms with Gasteiger partial charge in [0.05, 0.1) is 11.1 Å². The van der Waals surface area contributed by atoms with Crippen LogP contribution < -0.4 is 0 Å². The van der Waals surface area contributed by atoms with Crippen LogP contribution in [-0.4, -0.2) is 28.5 Å². The molecule has 1 aliphatic rings. The van der Waals surface area contributed by atoms with Gasteiger partial charge in [0.1, 0.15) is 0 Å². The minimum Gasteiger partial charge on any atom is -0.354 e. The average Bonchev–Trinajstić information content (AvgIpc) is 3.10. The molecule has 2 heterocycles. The number of H-pyrrole nitrogens is 1. The Morgan fingerprint density at radius 2 is 1.45 bits per heavy atom. The number of likely N-dealkylation sites (tertiary alicyclic amines) is 1. The highest BCUT2D eigenvalue weighted by Crippen LogP contribution is 2.40. The molecule has 0 saturated carbocycles. The van der Waals surface area contributed by atoms with Crippen LogP contribution in [0.15, 0.2) is 42.5 Å². The SMILES string of the molecule is CC1CCCC(C)N1CCc1c(-c2cc(C(F)(F)F)cc(C(F)(F)F)c2)[nH]c2ccccc12. The van der Waals surface area contributed by atoms with E-state index in [0.717, 1.165) is 42.3 Å². The summed E-state index contributed by atoms with van der Waals surface area (Å²) in [6, 6.07) is 9.78. The van der Waals surface area contributed by atoms with Crippen molar-refractivity contribution in [2.45, 2.75) is 64.0 Å². The van der Waals surface area contributed by atoms with Gasteiger partial charge in [0, 0.05) is 35.2 Å². The summed E-state index contributed by atoms with van der Waals surface area (Å²) in [5.41, 5.74) is -0.991. The van der Waals surface area contributed by atoms with Crippen molar-refractivity contribution in [2.75, 3.05) is 6.54 Å². The Hall–Kier alpha value is -2.48. The third-order valence-electron chi connectivity index (χ3n) is 6.69. The van der Waals surface area contributed by atoms with Crippen LogP contribution in [0.1, 0.15) is 49.8 Å². The van der Waals surface area contributed by atoms with Gasteiger partial charge in [-0.2, -0.15) is 26.3 Å². The lowest BCUT2D eigenvalue weighted by Crippen LogP contribution is -2.44. The van der Waals surface area contributed by atoms with Gasteiger partial charge in [-0.1, -0.05) is 24.6 Å². The van der Waals surface area contributed by atoms with E-state index in [9.17, 15) is 26.3 Å². The monoisotopic (exact) mass is 468 g/mol. The van der Waals surface area contributed by atoms with E-state index in [0.29, 0.717) is 36.3 Å². The summed E-state index contributed by atoms with van der Waals surface area (Å²) in [4.78, 5) is 5.47. The standard InChI is InChI=1S/C25H26F6N2/c1-15-6-5-7-16(2)33(15)11-10-21-20-8-3-4-9-22(20)32-23(21)17-12-18(24(26,27)28)14-19(13-17)25(29,30)31/h3-4,8-9,12-16,32H,5-7,10-11H2,1-2H3. The van der Waals surface area contributed by atoms with E-state index >= 15 is 0 Å². The summed E-state index contributed by atoms with van der Waals surface area (Å²) >= 11 is 0. The lowest BCUT2D eigenvalue weighted by atomic mass is 9.95. The van der Waals surface area contributed by atoms with Crippen LogP contribution in [0.25, 0.3) is 22.2 Å². The predicted octanol–water partition coefficient (Wildman–Crippen LogP) is 7.68. The van der Waals surface area contributed by atoms with Crippen molar-refractivity contribution in [1.82, 2.24) is 9.88 Å². The molecule has 3 aromatic rings. The molecule has 33 heavy (non-hydrogen) atoms. The minimum atomic E-state index is -4.89. The van der Waals surface area contributed by atoms with E-state index < -0.39 is 23.5 Å². The van der Waals surface area contributed by atoms with Crippen molar-refractivity contribution in [3.63, 3.8) is 0 Å². The van der Waals surface area contributed by atoms with Crippen LogP contribution >= 0.6 is 0 Å². The Labute approximate surface area is 188 Å². The van der Waals surface area contributed by atoms with Gasteiger partial charge in [-0.25, -0.2) is 0 Å². The summed E-state index contributed by atoms with van der Waals surface area (Å²) in [5.74, 6) is 0. The van der Waals surface area contributed by atoms with E-state index in [1.54, 1.807) is 12.1 Å². The first kappa shape index (κ1) is 23.7. The van der Waals surface area contributed by atoms with Crippen LogP contribution in [0.5, 0.6) is 0 Å². The average molecular weight is 468 g/mol. The fraction of sp³-hybridized carbons (Fsp3) is 0.440. The van der Waals surface area contributed by atoms with Crippen molar-refractivity contribution < 1.29 is 26.3 Å². The molecule has 0 bridgehead atoms. The number of nitrogens with zero attached hydrogens (tertiary/aromatic N) is 1. The van der Waals surface area contributed by atoms with Gasteiger partial charge in [-0.05, 0) is 68.5 Å². The maximum absolute atomic E-state index is 13.4. The molecular weight excluding hydrogens is 442 g/mol. The molecule has 8 heteroatoms. The Morgan fingerprint density at radius 3 is 2.03 bits per heavy atom. The third kappa shape index (κ3) is 4.90. The van der Waals surface area contributed by atoms with Gasteiger partial charge in [-0.3, -0.25) is 4.90 Å². The first-order valence-electron chi connectivity index (χ1n) is 11.1. The lowest BCUT2D eigenvalue weighted by molar-refractivity contribution is -0.143. The van der Waals surface area contributed by atoms with Crippen molar-refractivity contribution in [1.29, 1.82) is 0 Å². The minimum absolute atomic E-state index is 0.108. The Morgan fingerprint density at radius 1 is 0.879 bits per heavy atom. The van der Waals surface area contributed by atoms with Gasteiger partial charge in [0.25, 0.3) is 0 Å². The van der Waals surface area contributed by atoms with Gasteiger partial charge in [-0.15, -0.1) is 0 Å². The number of piperidine rings is 1. The largest absolute Gasteiger partial charge is 0.416 e. The molecule has 2 unspecified atom stereocenters. The number of fused-ring (bicyclic) bond motifs is 1. The maximum Gasteiger partial charge on any atom is 0.416 e. The van der Waals surface area contributed by atoms with Crippen molar-refractivity contribution in [3.8, 4) is 11.3 Å². The molecule has 2 nitrogen and oxygen atoms in total. The molecule has 0 aliphatic carbocycles. The highest BCUT2D eigenvalue weighted by molar-refractivity contribution is 5.91. The number of aromatic amines is 1. The third-order valence-corrected chi connectivity index (χ3v) is 6.69. The molecule has 0 spiro atoms. The number of halogens is 6. The van der Waals surface area contributed by atoms with Gasteiger partial charge < -0.3 is 4.98 Å². The highest BCUT2D eigenvalue weighted by Gasteiger charge is 2.37. The van der Waals surface area contributed by atoms with E-state index in [-0.39, 0.29) is 11.6 Å². The van der Waals surface area contributed by atoms with Gasteiger partial charge >= 0.3 is 12.4 Å². The Balaban J connectivity index is 1.81. The fourth-order valence-corrected chi connectivity index (χ4v) is 4.96. The first-order chi connectivity index (χ1) is 15.4. The molecule has 0 amide bonds. The number of alkyl halides is 6. The number of para-hydroxylation sites is 1. The second-order valence-corrected chi connectivity index (χ2v) is 8.94. The molecule has 1 aromatic heterocycles. The van der Waals surface area contributed by atoms with Gasteiger partial charge in [0.15, 0.2) is 0 Å². The zero-order valence-electron chi connectivity index (χ0n) is 18.4. The van der Waals surface area contributed by atoms with E-state index in [2.05, 4.69) is 23.7 Å². The second-order valence-electron chi connectivity index (χ2n) is 8.94. The second kappa shape index (κ2) is 8.70. The first-order valence-corrected chi connectivity index (χ1v) is 11.1. The molecule has 1 aliphatic heterocycles. The van der Waals surface area contributed by atoms with E-state index in [1.807, 2.05) is 12.1 Å². The fourth-order valence-electron chi connectivity index (χ4n) is 4.96. The number of hydrogen-bond donors (Lipinski definition) is 1. The number of aromatic nitrogens is 1. The molecular formula is C25H26F6N2. The Bertz CT molecular complexity index is 1090. The molecule has 4 rings (SSSR count). The quantitative estimate of drug-likeness (QED) is 0.389. The summed E-state index contributed by atoms with van der Waals surface area (Å²) < 4.78 is 80.7. The smallest absolute Gasteiger partial charge is 0.354 e. The summed E-state index contributed by atoms with van der Waals surface area (Å²) in [7, 11) is 0. The van der Waals surface area contributed by atoms with Crippen molar-refractivity contribution >= 4 is 10.9 Å². The van der Waals surface area contributed by atoms with Gasteiger partial charge in [0.2, 0.25) is 0 Å². The number of hydrogen-bond acceptors (Lipinski definition) is 1. The lowest BCUT2D eigenvalue weighted by Gasteiger charge is -2.39. The molecule has 2 aromatic carbocycles.